The Morgan fingerprint density at radius 1 is 0.857 bits per heavy atom. The summed E-state index contributed by atoms with van der Waals surface area (Å²) < 4.78 is 22.8. The molecule has 7 nitrogen and oxygen atoms in total. The van der Waals surface area contributed by atoms with E-state index in [2.05, 4.69) is 10.3 Å². The Balaban J connectivity index is 1.41. The van der Waals surface area contributed by atoms with Gasteiger partial charge in [0.1, 0.15) is 12.4 Å². The van der Waals surface area contributed by atoms with E-state index in [0.717, 1.165) is 5.56 Å². The quantitative estimate of drug-likeness (QED) is 0.301. The van der Waals surface area contributed by atoms with Crippen LogP contribution in [0.5, 0.6) is 28.7 Å². The number of carbonyl (C=O) groups is 1. The molecule has 0 spiro atoms. The molecule has 7 heteroatoms. The lowest BCUT2D eigenvalue weighted by Crippen LogP contribution is -2.12. The SMILES string of the molecule is CCOc1cc(C(=O)Nc2ccc(Oc3ccccc3OC)cc2)ccc1OCc1cccnc1. The lowest BCUT2D eigenvalue weighted by Gasteiger charge is -2.14. The Labute approximate surface area is 204 Å². The van der Waals surface area contributed by atoms with Gasteiger partial charge in [0.15, 0.2) is 23.0 Å². The Morgan fingerprint density at radius 3 is 2.37 bits per heavy atom. The van der Waals surface area contributed by atoms with Gasteiger partial charge in [0.25, 0.3) is 5.91 Å². The van der Waals surface area contributed by atoms with Gasteiger partial charge in [0.2, 0.25) is 0 Å². The third-order valence-electron chi connectivity index (χ3n) is 5.03. The number of pyridine rings is 1. The van der Waals surface area contributed by atoms with Crippen molar-refractivity contribution in [2.45, 2.75) is 13.5 Å². The molecule has 1 amide bonds. The van der Waals surface area contributed by atoms with Crippen molar-refractivity contribution in [3.63, 3.8) is 0 Å². The highest BCUT2D eigenvalue weighted by molar-refractivity contribution is 6.04. The molecule has 0 bridgehead atoms. The summed E-state index contributed by atoms with van der Waals surface area (Å²) >= 11 is 0. The molecule has 0 aliphatic rings. The number of hydrogen-bond donors (Lipinski definition) is 1. The standard InChI is InChI=1S/C28H26N2O5/c1-3-33-27-17-21(10-15-25(27)34-19-20-7-6-16-29-18-20)28(31)30-22-11-13-23(14-12-22)35-26-9-5-4-8-24(26)32-2/h4-18H,3,19H2,1-2H3,(H,30,31). The van der Waals surface area contributed by atoms with Gasteiger partial charge in [-0.3, -0.25) is 9.78 Å². The minimum absolute atomic E-state index is 0.261. The minimum Gasteiger partial charge on any atom is -0.493 e. The fraction of sp³-hybridized carbons (Fsp3) is 0.143. The smallest absolute Gasteiger partial charge is 0.255 e. The summed E-state index contributed by atoms with van der Waals surface area (Å²) in [5.41, 5.74) is 2.03. The lowest BCUT2D eigenvalue weighted by molar-refractivity contribution is 0.102. The highest BCUT2D eigenvalue weighted by atomic mass is 16.5. The van der Waals surface area contributed by atoms with Crippen LogP contribution in [-0.2, 0) is 6.61 Å². The zero-order chi connectivity index (χ0) is 24.5. The first kappa shape index (κ1) is 23.6. The van der Waals surface area contributed by atoms with Gasteiger partial charge in [0.05, 0.1) is 13.7 Å². The molecule has 4 aromatic rings. The molecule has 1 N–H and O–H groups in total. The minimum atomic E-state index is -0.261. The maximum Gasteiger partial charge on any atom is 0.255 e. The fourth-order valence-electron chi connectivity index (χ4n) is 3.32. The van der Waals surface area contributed by atoms with Crippen molar-refractivity contribution < 1.29 is 23.7 Å². The third-order valence-corrected chi connectivity index (χ3v) is 5.03. The number of carbonyl (C=O) groups excluding carboxylic acids is 1. The van der Waals surface area contributed by atoms with E-state index < -0.39 is 0 Å². The first-order chi connectivity index (χ1) is 17.2. The van der Waals surface area contributed by atoms with Gasteiger partial charge in [-0.1, -0.05) is 18.2 Å². The molecule has 178 valence electrons. The van der Waals surface area contributed by atoms with E-state index in [1.165, 1.54) is 0 Å². The van der Waals surface area contributed by atoms with Crippen LogP contribution in [0, 0.1) is 0 Å². The van der Waals surface area contributed by atoms with Crippen LogP contribution in [0.15, 0.2) is 91.3 Å². The summed E-state index contributed by atoms with van der Waals surface area (Å²) in [4.78, 5) is 16.9. The monoisotopic (exact) mass is 470 g/mol. The van der Waals surface area contributed by atoms with Gasteiger partial charge in [0, 0.05) is 29.2 Å². The zero-order valence-corrected chi connectivity index (χ0v) is 19.6. The van der Waals surface area contributed by atoms with Crippen LogP contribution >= 0.6 is 0 Å². The van der Waals surface area contributed by atoms with Crippen molar-refractivity contribution in [3.05, 3.63) is 102 Å². The Morgan fingerprint density at radius 2 is 1.66 bits per heavy atom. The maximum atomic E-state index is 12.9. The molecule has 0 unspecified atom stereocenters. The van der Waals surface area contributed by atoms with Gasteiger partial charge in [-0.15, -0.1) is 0 Å². The number of hydrogen-bond acceptors (Lipinski definition) is 6. The molecule has 1 heterocycles. The van der Waals surface area contributed by atoms with Gasteiger partial charge in [-0.05, 0) is 67.6 Å². The van der Waals surface area contributed by atoms with Crippen LogP contribution in [0.4, 0.5) is 5.69 Å². The van der Waals surface area contributed by atoms with Crippen molar-refractivity contribution >= 4 is 11.6 Å². The molecule has 0 radical (unpaired) electrons. The molecular weight excluding hydrogens is 444 g/mol. The number of rotatable bonds is 10. The first-order valence-corrected chi connectivity index (χ1v) is 11.2. The number of methoxy groups -OCH3 is 1. The second kappa shape index (κ2) is 11.6. The molecule has 3 aromatic carbocycles. The molecular formula is C28H26N2O5. The molecule has 0 fully saturated rings. The number of aromatic nitrogens is 1. The largest absolute Gasteiger partial charge is 0.493 e. The van der Waals surface area contributed by atoms with Crippen LogP contribution in [0.2, 0.25) is 0 Å². The third kappa shape index (κ3) is 6.29. The maximum absolute atomic E-state index is 12.9. The Hall–Kier alpha value is -4.52. The molecule has 0 saturated heterocycles. The summed E-state index contributed by atoms with van der Waals surface area (Å²) in [6, 6.07) is 23.4. The van der Waals surface area contributed by atoms with Crippen molar-refractivity contribution in [3.8, 4) is 28.7 Å². The fourth-order valence-corrected chi connectivity index (χ4v) is 3.32. The van der Waals surface area contributed by atoms with Gasteiger partial charge < -0.3 is 24.3 Å². The number of anilines is 1. The van der Waals surface area contributed by atoms with Crippen LogP contribution in [-0.4, -0.2) is 24.6 Å². The molecule has 1 aromatic heterocycles. The van der Waals surface area contributed by atoms with Crippen molar-refractivity contribution in [2.24, 2.45) is 0 Å². The highest BCUT2D eigenvalue weighted by Gasteiger charge is 2.13. The second-order valence-corrected chi connectivity index (χ2v) is 7.48. The zero-order valence-electron chi connectivity index (χ0n) is 19.6. The van der Waals surface area contributed by atoms with E-state index >= 15 is 0 Å². The molecule has 4 rings (SSSR count). The van der Waals surface area contributed by atoms with Gasteiger partial charge >= 0.3 is 0 Å². The normalized spacial score (nSPS) is 10.3. The molecule has 0 aliphatic carbocycles. The second-order valence-electron chi connectivity index (χ2n) is 7.48. The number of ether oxygens (including phenoxy) is 4. The number of nitrogens with zero attached hydrogens (tertiary/aromatic N) is 1. The summed E-state index contributed by atoms with van der Waals surface area (Å²) in [5, 5.41) is 2.89. The van der Waals surface area contributed by atoms with E-state index in [9.17, 15) is 4.79 Å². The van der Waals surface area contributed by atoms with Crippen LogP contribution < -0.4 is 24.3 Å². The summed E-state index contributed by atoms with van der Waals surface area (Å²) in [5.74, 6) is 2.68. The molecule has 0 aliphatic heterocycles. The molecule has 35 heavy (non-hydrogen) atoms. The Bertz CT molecular complexity index is 1260. The van der Waals surface area contributed by atoms with Crippen LogP contribution in [0.1, 0.15) is 22.8 Å². The van der Waals surface area contributed by atoms with Gasteiger partial charge in [-0.25, -0.2) is 0 Å². The van der Waals surface area contributed by atoms with E-state index in [4.69, 9.17) is 18.9 Å². The number of amides is 1. The van der Waals surface area contributed by atoms with E-state index in [1.807, 2.05) is 43.3 Å². The van der Waals surface area contributed by atoms with E-state index in [1.54, 1.807) is 62.0 Å². The van der Waals surface area contributed by atoms with Crippen molar-refractivity contribution in [1.29, 1.82) is 0 Å². The lowest BCUT2D eigenvalue weighted by atomic mass is 10.1. The molecule has 0 atom stereocenters. The van der Waals surface area contributed by atoms with Crippen molar-refractivity contribution in [1.82, 2.24) is 4.98 Å². The topological polar surface area (TPSA) is 78.9 Å². The number of benzene rings is 3. The van der Waals surface area contributed by atoms with Crippen LogP contribution in [0.25, 0.3) is 0 Å². The number of nitrogens with one attached hydrogen (secondary N) is 1. The predicted octanol–water partition coefficient (Wildman–Crippen LogP) is 6.11. The predicted molar refractivity (Wildman–Crippen MR) is 134 cm³/mol. The van der Waals surface area contributed by atoms with Crippen LogP contribution in [0.3, 0.4) is 0 Å². The highest BCUT2D eigenvalue weighted by Crippen LogP contribution is 2.32. The summed E-state index contributed by atoms with van der Waals surface area (Å²) in [6.07, 6.45) is 3.46. The van der Waals surface area contributed by atoms with E-state index in [0.29, 0.717) is 53.2 Å². The first-order valence-electron chi connectivity index (χ1n) is 11.2. The summed E-state index contributed by atoms with van der Waals surface area (Å²) in [7, 11) is 1.59. The van der Waals surface area contributed by atoms with E-state index in [-0.39, 0.29) is 5.91 Å². The Kier molecular flexibility index (Phi) is 7.81. The number of para-hydroxylation sites is 2. The molecule has 0 saturated carbocycles. The average Bonchev–Trinajstić information content (AvgIpc) is 2.90. The van der Waals surface area contributed by atoms with Gasteiger partial charge in [-0.2, -0.15) is 0 Å². The van der Waals surface area contributed by atoms with Crippen molar-refractivity contribution in [2.75, 3.05) is 19.0 Å². The summed E-state index contributed by atoms with van der Waals surface area (Å²) in [6.45, 7) is 2.68. The average molecular weight is 471 g/mol.